The number of benzene rings is 1. The lowest BCUT2D eigenvalue weighted by Gasteiger charge is -2.34. The molecule has 1 saturated carbocycles. The van der Waals surface area contributed by atoms with Crippen LogP contribution >= 0.6 is 0 Å². The van der Waals surface area contributed by atoms with Gasteiger partial charge < -0.3 is 24.8 Å². The SMILES string of the molecule is COc1ccc(CCCC(O)/C=C/C2CCCC(O)(CC(=O)O)C2)cc1OC. The molecule has 1 aliphatic rings. The Hall–Kier alpha value is -2.05. The van der Waals surface area contributed by atoms with Gasteiger partial charge in [0.1, 0.15) is 0 Å². The summed E-state index contributed by atoms with van der Waals surface area (Å²) in [5, 5.41) is 29.6. The van der Waals surface area contributed by atoms with Crippen LogP contribution in [0.4, 0.5) is 0 Å². The van der Waals surface area contributed by atoms with Crippen LogP contribution < -0.4 is 9.47 Å². The van der Waals surface area contributed by atoms with Gasteiger partial charge in [0, 0.05) is 0 Å². The fraction of sp³-hybridized carbons (Fsp3) is 0.591. The number of methoxy groups -OCH3 is 2. The molecule has 156 valence electrons. The minimum Gasteiger partial charge on any atom is -0.493 e. The number of allylic oxidation sites excluding steroid dienone is 1. The summed E-state index contributed by atoms with van der Waals surface area (Å²) in [4.78, 5) is 10.9. The average molecular weight is 392 g/mol. The van der Waals surface area contributed by atoms with Crippen LogP contribution in [0.3, 0.4) is 0 Å². The van der Waals surface area contributed by atoms with Crippen molar-refractivity contribution in [2.45, 2.75) is 63.1 Å². The number of carbonyl (C=O) groups is 1. The van der Waals surface area contributed by atoms with Crippen LogP contribution in [0.1, 0.15) is 50.5 Å². The lowest BCUT2D eigenvalue weighted by molar-refractivity contribution is -0.144. The molecule has 0 saturated heterocycles. The van der Waals surface area contributed by atoms with Crippen molar-refractivity contribution in [2.75, 3.05) is 14.2 Å². The van der Waals surface area contributed by atoms with E-state index in [0.29, 0.717) is 30.8 Å². The lowest BCUT2D eigenvalue weighted by Crippen LogP contribution is -2.37. The highest BCUT2D eigenvalue weighted by Crippen LogP contribution is 2.35. The van der Waals surface area contributed by atoms with Crippen molar-refractivity contribution >= 4 is 5.97 Å². The smallest absolute Gasteiger partial charge is 0.306 e. The zero-order chi connectivity index (χ0) is 20.6. The van der Waals surface area contributed by atoms with Crippen LogP contribution in [0.15, 0.2) is 30.4 Å². The molecule has 3 atom stereocenters. The zero-order valence-corrected chi connectivity index (χ0v) is 16.8. The van der Waals surface area contributed by atoms with Crippen molar-refractivity contribution in [1.82, 2.24) is 0 Å². The summed E-state index contributed by atoms with van der Waals surface area (Å²) >= 11 is 0. The molecule has 3 unspecified atom stereocenters. The number of carboxylic acid groups (broad SMARTS) is 1. The van der Waals surface area contributed by atoms with Gasteiger partial charge in [-0.3, -0.25) is 4.79 Å². The third kappa shape index (κ3) is 6.84. The van der Waals surface area contributed by atoms with E-state index >= 15 is 0 Å². The maximum atomic E-state index is 10.9. The molecule has 1 fully saturated rings. The van der Waals surface area contributed by atoms with Crippen LogP contribution in [-0.4, -0.2) is 47.2 Å². The highest BCUT2D eigenvalue weighted by atomic mass is 16.5. The molecule has 0 heterocycles. The second-order valence-corrected chi connectivity index (χ2v) is 7.69. The van der Waals surface area contributed by atoms with Gasteiger partial charge in [0.25, 0.3) is 0 Å². The predicted octanol–water partition coefficient (Wildman–Crippen LogP) is 3.34. The van der Waals surface area contributed by atoms with E-state index in [9.17, 15) is 15.0 Å². The van der Waals surface area contributed by atoms with Crippen molar-refractivity contribution in [3.63, 3.8) is 0 Å². The highest BCUT2D eigenvalue weighted by Gasteiger charge is 2.35. The number of hydrogen-bond donors (Lipinski definition) is 3. The van der Waals surface area contributed by atoms with Gasteiger partial charge in [-0.25, -0.2) is 0 Å². The zero-order valence-electron chi connectivity index (χ0n) is 16.8. The highest BCUT2D eigenvalue weighted by molar-refractivity contribution is 5.68. The van der Waals surface area contributed by atoms with Gasteiger partial charge in [0.15, 0.2) is 11.5 Å². The van der Waals surface area contributed by atoms with E-state index in [1.165, 1.54) is 0 Å². The Bertz CT molecular complexity index is 671. The monoisotopic (exact) mass is 392 g/mol. The van der Waals surface area contributed by atoms with E-state index in [1.807, 2.05) is 24.3 Å². The number of aliphatic hydroxyl groups excluding tert-OH is 1. The van der Waals surface area contributed by atoms with Crippen molar-refractivity contribution in [3.8, 4) is 11.5 Å². The van der Waals surface area contributed by atoms with E-state index in [1.54, 1.807) is 20.3 Å². The quantitative estimate of drug-likeness (QED) is 0.529. The molecular weight excluding hydrogens is 360 g/mol. The molecule has 0 aliphatic heterocycles. The van der Waals surface area contributed by atoms with Crippen LogP contribution in [0.5, 0.6) is 11.5 Å². The first-order valence-corrected chi connectivity index (χ1v) is 9.86. The van der Waals surface area contributed by atoms with Crippen molar-refractivity contribution in [1.29, 1.82) is 0 Å². The molecule has 0 aromatic heterocycles. The van der Waals surface area contributed by atoms with Gasteiger partial charge in [0.2, 0.25) is 0 Å². The molecule has 1 aromatic rings. The number of aliphatic hydroxyl groups is 2. The first-order valence-electron chi connectivity index (χ1n) is 9.86. The molecule has 6 nitrogen and oxygen atoms in total. The topological polar surface area (TPSA) is 96.2 Å². The summed E-state index contributed by atoms with van der Waals surface area (Å²) < 4.78 is 10.5. The second kappa shape index (κ2) is 10.5. The van der Waals surface area contributed by atoms with Crippen LogP contribution in [0.2, 0.25) is 0 Å². The molecule has 28 heavy (non-hydrogen) atoms. The minimum absolute atomic E-state index is 0.110. The Kier molecular flexibility index (Phi) is 8.33. The summed E-state index contributed by atoms with van der Waals surface area (Å²) in [5.41, 5.74) is -0.00266. The van der Waals surface area contributed by atoms with Gasteiger partial charge in [-0.2, -0.15) is 0 Å². The standard InChI is InChI=1S/C22H32O6/c1-27-19-11-9-16(13-20(19)28-2)5-3-7-18(23)10-8-17-6-4-12-22(26,14-17)15-21(24)25/h8-11,13,17-18,23,26H,3-7,12,14-15H2,1-2H3,(H,24,25)/b10-8+. The van der Waals surface area contributed by atoms with Crippen molar-refractivity contribution < 1.29 is 29.6 Å². The molecule has 3 N–H and O–H groups in total. The molecule has 0 amide bonds. The van der Waals surface area contributed by atoms with Crippen molar-refractivity contribution in [2.24, 2.45) is 5.92 Å². The van der Waals surface area contributed by atoms with E-state index in [-0.39, 0.29) is 12.3 Å². The largest absolute Gasteiger partial charge is 0.493 e. The predicted molar refractivity (Wildman–Crippen MR) is 107 cm³/mol. The minimum atomic E-state index is -1.13. The van der Waals surface area contributed by atoms with Gasteiger partial charge in [-0.1, -0.05) is 18.2 Å². The summed E-state index contributed by atoms with van der Waals surface area (Å²) in [7, 11) is 3.22. The maximum Gasteiger partial charge on any atom is 0.306 e. The number of rotatable bonds is 10. The Labute approximate surface area is 166 Å². The first kappa shape index (κ1) is 22.2. The van der Waals surface area contributed by atoms with Gasteiger partial charge >= 0.3 is 5.97 Å². The van der Waals surface area contributed by atoms with Gasteiger partial charge in [0.05, 0.1) is 32.3 Å². The van der Waals surface area contributed by atoms with E-state index in [0.717, 1.165) is 31.2 Å². The number of aliphatic carboxylic acids is 1. The molecule has 6 heteroatoms. The molecule has 1 aromatic carbocycles. The Morgan fingerprint density at radius 1 is 1.32 bits per heavy atom. The van der Waals surface area contributed by atoms with E-state index in [4.69, 9.17) is 14.6 Å². The number of aryl methyl sites for hydroxylation is 1. The van der Waals surface area contributed by atoms with Crippen LogP contribution in [0, 0.1) is 5.92 Å². The first-order chi connectivity index (χ1) is 13.3. The molecule has 0 spiro atoms. The van der Waals surface area contributed by atoms with Gasteiger partial charge in [-0.15, -0.1) is 0 Å². The van der Waals surface area contributed by atoms with Crippen molar-refractivity contribution in [3.05, 3.63) is 35.9 Å². The third-order valence-electron chi connectivity index (χ3n) is 5.36. The van der Waals surface area contributed by atoms with Crippen LogP contribution in [0.25, 0.3) is 0 Å². The Morgan fingerprint density at radius 2 is 2.07 bits per heavy atom. The van der Waals surface area contributed by atoms with Crippen LogP contribution in [-0.2, 0) is 11.2 Å². The summed E-state index contributed by atoms with van der Waals surface area (Å²) in [6.45, 7) is 0. The maximum absolute atomic E-state index is 10.9. The lowest BCUT2D eigenvalue weighted by atomic mass is 9.76. The van der Waals surface area contributed by atoms with E-state index < -0.39 is 17.7 Å². The molecule has 0 radical (unpaired) electrons. The fourth-order valence-electron chi connectivity index (χ4n) is 3.92. The summed E-state index contributed by atoms with van der Waals surface area (Å²) in [5.74, 6) is 0.539. The Balaban J connectivity index is 1.79. The normalized spacial score (nSPS) is 23.5. The number of carboxylic acids is 1. The second-order valence-electron chi connectivity index (χ2n) is 7.69. The molecule has 1 aliphatic carbocycles. The van der Waals surface area contributed by atoms with Gasteiger partial charge in [-0.05, 0) is 68.6 Å². The van der Waals surface area contributed by atoms with E-state index in [2.05, 4.69) is 0 Å². The fourth-order valence-corrected chi connectivity index (χ4v) is 3.92. The third-order valence-corrected chi connectivity index (χ3v) is 5.36. The average Bonchev–Trinajstić information content (AvgIpc) is 2.65. The summed E-state index contributed by atoms with van der Waals surface area (Å²) in [6, 6.07) is 5.83. The summed E-state index contributed by atoms with van der Waals surface area (Å²) in [6.07, 6.45) is 7.92. The molecule has 2 rings (SSSR count). The molecular formula is C22H32O6. The number of hydrogen-bond acceptors (Lipinski definition) is 5. The number of ether oxygens (including phenoxy) is 2. The Morgan fingerprint density at radius 3 is 2.75 bits per heavy atom. The molecule has 0 bridgehead atoms.